The van der Waals surface area contributed by atoms with Gasteiger partial charge in [0, 0.05) is 17.7 Å². The fourth-order valence-corrected chi connectivity index (χ4v) is 1.84. The van der Waals surface area contributed by atoms with Crippen LogP contribution in [0, 0.1) is 0 Å². The third-order valence-electron chi connectivity index (χ3n) is 2.94. The highest BCUT2D eigenvalue weighted by atomic mass is 16.5. The molecule has 5 heteroatoms. The molecule has 0 atom stereocenters. The summed E-state index contributed by atoms with van der Waals surface area (Å²) in [5.41, 5.74) is 12.2. The van der Waals surface area contributed by atoms with Gasteiger partial charge >= 0.3 is 0 Å². The molecular formula is C16H18N2O3. The maximum atomic E-state index is 10.9. The summed E-state index contributed by atoms with van der Waals surface area (Å²) in [5, 5.41) is 0. The smallest absolute Gasteiger partial charge is 0.248 e. The molecule has 0 unspecified atom stereocenters. The highest BCUT2D eigenvalue weighted by Gasteiger charge is 2.02. The van der Waals surface area contributed by atoms with Gasteiger partial charge in [-0.2, -0.15) is 0 Å². The van der Waals surface area contributed by atoms with Crippen LogP contribution in [-0.2, 0) is 6.54 Å². The van der Waals surface area contributed by atoms with Gasteiger partial charge < -0.3 is 20.9 Å². The molecule has 0 aromatic heterocycles. The van der Waals surface area contributed by atoms with Crippen LogP contribution in [0.4, 0.5) is 0 Å². The fourth-order valence-electron chi connectivity index (χ4n) is 1.84. The summed E-state index contributed by atoms with van der Waals surface area (Å²) in [6, 6.07) is 14.3. The van der Waals surface area contributed by atoms with Gasteiger partial charge in [-0.05, 0) is 30.3 Å². The highest BCUT2D eigenvalue weighted by Crippen LogP contribution is 2.17. The number of hydrogen-bond donors (Lipinski definition) is 2. The predicted octanol–water partition coefficient (Wildman–Crippen LogP) is 1.70. The van der Waals surface area contributed by atoms with Gasteiger partial charge in [0.25, 0.3) is 0 Å². The molecule has 2 rings (SSSR count). The van der Waals surface area contributed by atoms with Crippen molar-refractivity contribution in [1.82, 2.24) is 0 Å². The second-order valence-corrected chi connectivity index (χ2v) is 4.40. The first-order valence-corrected chi connectivity index (χ1v) is 6.64. The summed E-state index contributed by atoms with van der Waals surface area (Å²) >= 11 is 0. The second-order valence-electron chi connectivity index (χ2n) is 4.40. The van der Waals surface area contributed by atoms with Gasteiger partial charge in [-0.1, -0.05) is 18.2 Å². The van der Waals surface area contributed by atoms with Crippen LogP contribution in [0.15, 0.2) is 48.5 Å². The number of carbonyl (C=O) groups is 1. The number of hydrogen-bond acceptors (Lipinski definition) is 4. The van der Waals surface area contributed by atoms with E-state index in [0.717, 1.165) is 11.3 Å². The van der Waals surface area contributed by atoms with Crippen LogP contribution in [0.2, 0.25) is 0 Å². The Morgan fingerprint density at radius 2 is 1.62 bits per heavy atom. The van der Waals surface area contributed by atoms with Gasteiger partial charge in [0.1, 0.15) is 24.7 Å². The highest BCUT2D eigenvalue weighted by molar-refractivity contribution is 5.92. The monoisotopic (exact) mass is 286 g/mol. The van der Waals surface area contributed by atoms with E-state index in [-0.39, 0.29) is 0 Å². The van der Waals surface area contributed by atoms with E-state index >= 15 is 0 Å². The third kappa shape index (κ3) is 4.22. The molecule has 2 aromatic rings. The number of para-hydroxylation sites is 1. The van der Waals surface area contributed by atoms with E-state index in [1.54, 1.807) is 24.3 Å². The minimum atomic E-state index is -0.455. The largest absolute Gasteiger partial charge is 0.490 e. The lowest BCUT2D eigenvalue weighted by Gasteiger charge is -2.11. The topological polar surface area (TPSA) is 87.6 Å². The standard InChI is InChI=1S/C16H18N2O3/c17-11-13-3-1-2-4-15(13)21-10-9-20-14-7-5-12(6-8-14)16(18)19/h1-8H,9-11,17H2,(H2,18,19). The van der Waals surface area contributed by atoms with Crippen molar-refractivity contribution in [2.24, 2.45) is 11.5 Å². The molecule has 0 saturated heterocycles. The van der Waals surface area contributed by atoms with E-state index < -0.39 is 5.91 Å². The van der Waals surface area contributed by atoms with Crippen LogP contribution in [0.3, 0.4) is 0 Å². The molecule has 0 aliphatic heterocycles. The third-order valence-corrected chi connectivity index (χ3v) is 2.94. The van der Waals surface area contributed by atoms with Crippen molar-refractivity contribution in [1.29, 1.82) is 0 Å². The Hall–Kier alpha value is -2.53. The lowest BCUT2D eigenvalue weighted by molar-refractivity contribution is 0.1000. The number of nitrogens with two attached hydrogens (primary N) is 2. The quantitative estimate of drug-likeness (QED) is 0.758. The Morgan fingerprint density at radius 3 is 2.29 bits per heavy atom. The average molecular weight is 286 g/mol. The zero-order valence-electron chi connectivity index (χ0n) is 11.6. The van der Waals surface area contributed by atoms with Gasteiger partial charge in [-0.25, -0.2) is 0 Å². The van der Waals surface area contributed by atoms with E-state index in [4.69, 9.17) is 20.9 Å². The Balaban J connectivity index is 1.80. The molecule has 110 valence electrons. The average Bonchev–Trinajstić information content (AvgIpc) is 2.52. The molecule has 1 amide bonds. The van der Waals surface area contributed by atoms with Crippen LogP contribution in [0.25, 0.3) is 0 Å². The number of benzene rings is 2. The van der Waals surface area contributed by atoms with Gasteiger partial charge in [0.05, 0.1) is 0 Å². The van der Waals surface area contributed by atoms with Crippen LogP contribution < -0.4 is 20.9 Å². The van der Waals surface area contributed by atoms with E-state index in [1.165, 1.54) is 0 Å². The van der Waals surface area contributed by atoms with E-state index in [1.807, 2.05) is 24.3 Å². The van der Waals surface area contributed by atoms with Crippen LogP contribution >= 0.6 is 0 Å². The molecule has 4 N–H and O–H groups in total. The molecule has 2 aromatic carbocycles. The first-order chi connectivity index (χ1) is 10.2. The maximum absolute atomic E-state index is 10.9. The Morgan fingerprint density at radius 1 is 0.952 bits per heavy atom. The zero-order chi connectivity index (χ0) is 15.1. The number of primary amides is 1. The van der Waals surface area contributed by atoms with Crippen LogP contribution in [0.1, 0.15) is 15.9 Å². The first kappa shape index (κ1) is 14.9. The SMILES string of the molecule is NCc1ccccc1OCCOc1ccc(C(N)=O)cc1. The van der Waals surface area contributed by atoms with Crippen molar-refractivity contribution in [3.63, 3.8) is 0 Å². The molecular weight excluding hydrogens is 268 g/mol. The Kier molecular flexibility index (Phi) is 5.17. The lowest BCUT2D eigenvalue weighted by Crippen LogP contribution is -2.12. The minimum Gasteiger partial charge on any atom is -0.490 e. The number of ether oxygens (including phenoxy) is 2. The molecule has 0 spiro atoms. The summed E-state index contributed by atoms with van der Waals surface area (Å²) in [7, 11) is 0. The minimum absolute atomic E-state index is 0.398. The molecule has 0 radical (unpaired) electrons. The Labute approximate surface area is 123 Å². The summed E-state index contributed by atoms with van der Waals surface area (Å²) < 4.78 is 11.2. The number of amides is 1. The van der Waals surface area contributed by atoms with Gasteiger partial charge in [-0.15, -0.1) is 0 Å². The van der Waals surface area contributed by atoms with Crippen molar-refractivity contribution >= 4 is 5.91 Å². The maximum Gasteiger partial charge on any atom is 0.248 e. The zero-order valence-corrected chi connectivity index (χ0v) is 11.6. The summed E-state index contributed by atoms with van der Waals surface area (Å²) in [6.45, 7) is 1.25. The molecule has 0 heterocycles. The van der Waals surface area contributed by atoms with Crippen molar-refractivity contribution in [3.8, 4) is 11.5 Å². The number of rotatable bonds is 7. The second kappa shape index (κ2) is 7.31. The van der Waals surface area contributed by atoms with Crippen molar-refractivity contribution in [2.45, 2.75) is 6.54 Å². The van der Waals surface area contributed by atoms with Crippen molar-refractivity contribution < 1.29 is 14.3 Å². The van der Waals surface area contributed by atoms with Crippen LogP contribution in [0.5, 0.6) is 11.5 Å². The van der Waals surface area contributed by atoms with E-state index in [0.29, 0.717) is 31.1 Å². The number of carbonyl (C=O) groups excluding carboxylic acids is 1. The van der Waals surface area contributed by atoms with Gasteiger partial charge in [0.2, 0.25) is 5.91 Å². The Bertz CT molecular complexity index is 597. The molecule has 0 saturated carbocycles. The van der Waals surface area contributed by atoms with Crippen molar-refractivity contribution in [2.75, 3.05) is 13.2 Å². The van der Waals surface area contributed by atoms with Gasteiger partial charge in [-0.3, -0.25) is 4.79 Å². The molecule has 0 fully saturated rings. The van der Waals surface area contributed by atoms with Crippen LogP contribution in [-0.4, -0.2) is 19.1 Å². The summed E-state index contributed by atoms with van der Waals surface area (Å²) in [5.74, 6) is 0.978. The predicted molar refractivity (Wildman–Crippen MR) is 80.3 cm³/mol. The van der Waals surface area contributed by atoms with E-state index in [9.17, 15) is 4.79 Å². The summed E-state index contributed by atoms with van der Waals surface area (Å²) in [4.78, 5) is 10.9. The van der Waals surface area contributed by atoms with Gasteiger partial charge in [0.15, 0.2) is 0 Å². The fraction of sp³-hybridized carbons (Fsp3) is 0.188. The van der Waals surface area contributed by atoms with Crippen molar-refractivity contribution in [3.05, 3.63) is 59.7 Å². The lowest BCUT2D eigenvalue weighted by atomic mass is 10.2. The molecule has 0 aliphatic rings. The molecule has 5 nitrogen and oxygen atoms in total. The first-order valence-electron chi connectivity index (χ1n) is 6.64. The molecule has 0 bridgehead atoms. The molecule has 0 aliphatic carbocycles. The normalized spacial score (nSPS) is 10.1. The van der Waals surface area contributed by atoms with E-state index in [2.05, 4.69) is 0 Å². The summed E-state index contributed by atoms with van der Waals surface area (Å²) in [6.07, 6.45) is 0. The molecule has 21 heavy (non-hydrogen) atoms.